The lowest BCUT2D eigenvalue weighted by Gasteiger charge is -2.04. The Morgan fingerprint density at radius 2 is 2.31 bits per heavy atom. The van der Waals surface area contributed by atoms with Gasteiger partial charge in [-0.15, -0.1) is 4.73 Å². The molecule has 6 heteroatoms. The number of rotatable bonds is 2. The standard InChI is InChI=1S/C7H8N2O4/c1-13-8-7(11)5-3-2-4-6(10)9(5)12/h2-4,12H,1H3,(H,8,11). The number of hydroxylamine groups is 1. The first-order valence-corrected chi connectivity index (χ1v) is 3.41. The Bertz CT molecular complexity index is 371. The molecule has 0 radical (unpaired) electrons. The maximum atomic E-state index is 11.1. The van der Waals surface area contributed by atoms with Crippen molar-refractivity contribution in [3.63, 3.8) is 0 Å². The van der Waals surface area contributed by atoms with E-state index in [2.05, 4.69) is 4.84 Å². The van der Waals surface area contributed by atoms with E-state index in [1.807, 2.05) is 5.48 Å². The van der Waals surface area contributed by atoms with Crippen LogP contribution in [-0.2, 0) is 4.84 Å². The summed E-state index contributed by atoms with van der Waals surface area (Å²) in [5.74, 6) is -0.692. The maximum absolute atomic E-state index is 11.1. The zero-order valence-corrected chi connectivity index (χ0v) is 6.85. The van der Waals surface area contributed by atoms with Gasteiger partial charge in [0.1, 0.15) is 0 Å². The Morgan fingerprint density at radius 3 is 2.92 bits per heavy atom. The van der Waals surface area contributed by atoms with E-state index >= 15 is 0 Å². The summed E-state index contributed by atoms with van der Waals surface area (Å²) in [5, 5.41) is 9.08. The highest BCUT2D eigenvalue weighted by Crippen LogP contribution is 1.92. The van der Waals surface area contributed by atoms with Gasteiger partial charge >= 0.3 is 0 Å². The molecule has 1 heterocycles. The average Bonchev–Trinajstić information content (AvgIpc) is 2.10. The maximum Gasteiger partial charge on any atom is 0.295 e. The fourth-order valence-electron chi connectivity index (χ4n) is 0.798. The number of nitrogens with zero attached hydrogens (tertiary/aromatic N) is 1. The van der Waals surface area contributed by atoms with Crippen molar-refractivity contribution in [1.82, 2.24) is 10.2 Å². The molecular weight excluding hydrogens is 176 g/mol. The molecule has 0 atom stereocenters. The third-order valence-electron chi connectivity index (χ3n) is 1.36. The van der Waals surface area contributed by atoms with Crippen LogP contribution >= 0.6 is 0 Å². The third kappa shape index (κ3) is 1.85. The molecule has 0 aliphatic carbocycles. The summed E-state index contributed by atoms with van der Waals surface area (Å²) >= 11 is 0. The van der Waals surface area contributed by atoms with Gasteiger partial charge in [-0.3, -0.25) is 14.4 Å². The van der Waals surface area contributed by atoms with Gasteiger partial charge in [-0.25, -0.2) is 5.48 Å². The number of amides is 1. The minimum Gasteiger partial charge on any atom is -0.425 e. The summed E-state index contributed by atoms with van der Waals surface area (Å²) < 4.78 is 0.244. The van der Waals surface area contributed by atoms with E-state index in [0.29, 0.717) is 0 Å². The Morgan fingerprint density at radius 1 is 1.62 bits per heavy atom. The second-order valence-electron chi connectivity index (χ2n) is 2.20. The molecule has 1 aromatic rings. The van der Waals surface area contributed by atoms with Crippen LogP contribution in [0, 0.1) is 0 Å². The molecular formula is C7H8N2O4. The van der Waals surface area contributed by atoms with Crippen LogP contribution in [0.1, 0.15) is 10.5 Å². The first kappa shape index (κ1) is 9.27. The molecule has 0 saturated carbocycles. The van der Waals surface area contributed by atoms with Gasteiger partial charge < -0.3 is 5.21 Å². The molecule has 0 unspecified atom stereocenters. The highest BCUT2D eigenvalue weighted by atomic mass is 16.6. The molecule has 2 N–H and O–H groups in total. The molecule has 0 bridgehead atoms. The lowest BCUT2D eigenvalue weighted by Crippen LogP contribution is -2.30. The Kier molecular flexibility index (Phi) is 2.65. The van der Waals surface area contributed by atoms with Crippen molar-refractivity contribution in [2.24, 2.45) is 0 Å². The predicted molar refractivity (Wildman–Crippen MR) is 42.4 cm³/mol. The van der Waals surface area contributed by atoms with E-state index in [4.69, 9.17) is 5.21 Å². The number of carbonyl (C=O) groups is 1. The molecule has 0 spiro atoms. The molecule has 1 aromatic heterocycles. The highest BCUT2D eigenvalue weighted by Gasteiger charge is 2.10. The van der Waals surface area contributed by atoms with E-state index < -0.39 is 11.5 Å². The fraction of sp³-hybridized carbons (Fsp3) is 0.143. The SMILES string of the molecule is CONC(=O)c1cccc(=O)n1O. The van der Waals surface area contributed by atoms with Crippen molar-refractivity contribution < 1.29 is 14.8 Å². The molecule has 0 saturated heterocycles. The van der Waals surface area contributed by atoms with Crippen molar-refractivity contribution in [2.45, 2.75) is 0 Å². The quantitative estimate of drug-likeness (QED) is 0.474. The minimum atomic E-state index is -0.692. The highest BCUT2D eigenvalue weighted by molar-refractivity contribution is 5.91. The molecule has 1 amide bonds. The summed E-state index contributed by atoms with van der Waals surface area (Å²) in [5.41, 5.74) is 1.11. The van der Waals surface area contributed by atoms with Crippen LogP contribution in [0.2, 0.25) is 0 Å². The van der Waals surface area contributed by atoms with E-state index in [9.17, 15) is 9.59 Å². The molecule has 0 aromatic carbocycles. The number of nitrogens with one attached hydrogen (secondary N) is 1. The van der Waals surface area contributed by atoms with Crippen molar-refractivity contribution >= 4 is 5.91 Å². The minimum absolute atomic E-state index is 0.186. The molecule has 6 nitrogen and oxygen atoms in total. The monoisotopic (exact) mass is 184 g/mol. The van der Waals surface area contributed by atoms with E-state index in [-0.39, 0.29) is 10.4 Å². The summed E-state index contributed by atoms with van der Waals surface area (Å²) in [6.45, 7) is 0. The van der Waals surface area contributed by atoms with Gasteiger partial charge in [0, 0.05) is 6.07 Å². The van der Waals surface area contributed by atoms with E-state index in [1.54, 1.807) is 0 Å². The topological polar surface area (TPSA) is 80.6 Å². The van der Waals surface area contributed by atoms with Gasteiger partial charge in [0.05, 0.1) is 7.11 Å². The van der Waals surface area contributed by atoms with Crippen LogP contribution in [0.4, 0.5) is 0 Å². The smallest absolute Gasteiger partial charge is 0.295 e. The second kappa shape index (κ2) is 3.72. The molecule has 0 fully saturated rings. The summed E-state index contributed by atoms with van der Waals surface area (Å²) in [7, 11) is 1.25. The van der Waals surface area contributed by atoms with Gasteiger partial charge in [0.25, 0.3) is 11.5 Å². The van der Waals surface area contributed by atoms with Crippen molar-refractivity contribution in [1.29, 1.82) is 0 Å². The van der Waals surface area contributed by atoms with Crippen LogP contribution in [0.25, 0.3) is 0 Å². The van der Waals surface area contributed by atoms with Gasteiger partial charge in [-0.1, -0.05) is 6.07 Å². The first-order valence-electron chi connectivity index (χ1n) is 3.41. The van der Waals surface area contributed by atoms with Gasteiger partial charge in [0.15, 0.2) is 5.69 Å². The van der Waals surface area contributed by atoms with E-state index in [0.717, 1.165) is 6.07 Å². The van der Waals surface area contributed by atoms with E-state index in [1.165, 1.54) is 19.2 Å². The number of carbonyl (C=O) groups excluding carboxylic acids is 1. The van der Waals surface area contributed by atoms with Crippen molar-refractivity contribution in [2.75, 3.05) is 7.11 Å². The molecule has 13 heavy (non-hydrogen) atoms. The third-order valence-corrected chi connectivity index (χ3v) is 1.36. The normalized spacial score (nSPS) is 9.62. The first-order chi connectivity index (χ1) is 6.16. The van der Waals surface area contributed by atoms with Gasteiger partial charge in [-0.2, -0.15) is 0 Å². The Balaban J connectivity index is 3.08. The van der Waals surface area contributed by atoms with Gasteiger partial charge in [-0.05, 0) is 6.07 Å². The Hall–Kier alpha value is -1.82. The summed E-state index contributed by atoms with van der Waals surface area (Å²) in [6, 6.07) is 3.78. The molecule has 1 rings (SSSR count). The molecule has 0 aliphatic heterocycles. The van der Waals surface area contributed by atoms with Crippen LogP contribution < -0.4 is 11.0 Å². The van der Waals surface area contributed by atoms with Crippen LogP contribution in [0.3, 0.4) is 0 Å². The number of hydrogen-bond acceptors (Lipinski definition) is 4. The molecule has 70 valence electrons. The summed E-state index contributed by atoms with van der Waals surface area (Å²) in [6.07, 6.45) is 0. The zero-order chi connectivity index (χ0) is 9.84. The van der Waals surface area contributed by atoms with Gasteiger partial charge in [0.2, 0.25) is 0 Å². The second-order valence-corrected chi connectivity index (χ2v) is 2.20. The summed E-state index contributed by atoms with van der Waals surface area (Å²) in [4.78, 5) is 26.2. The van der Waals surface area contributed by atoms with Crippen LogP contribution in [-0.4, -0.2) is 23.0 Å². The van der Waals surface area contributed by atoms with Crippen molar-refractivity contribution in [3.8, 4) is 0 Å². The van der Waals surface area contributed by atoms with Crippen molar-refractivity contribution in [3.05, 3.63) is 34.2 Å². The fourth-order valence-corrected chi connectivity index (χ4v) is 0.798. The predicted octanol–water partition coefficient (Wildman–Crippen LogP) is -0.623. The Labute approximate surface area is 73.3 Å². The average molecular weight is 184 g/mol. The lowest BCUT2D eigenvalue weighted by atomic mass is 10.3. The van der Waals surface area contributed by atoms with Crippen LogP contribution in [0.15, 0.2) is 23.0 Å². The lowest BCUT2D eigenvalue weighted by molar-refractivity contribution is 0.0491. The number of pyridine rings is 1. The number of hydrogen-bond donors (Lipinski definition) is 2. The zero-order valence-electron chi connectivity index (χ0n) is 6.85. The largest absolute Gasteiger partial charge is 0.425 e. The number of aromatic nitrogens is 1. The van der Waals surface area contributed by atoms with Crippen LogP contribution in [0.5, 0.6) is 0 Å². The molecule has 0 aliphatic rings.